The summed E-state index contributed by atoms with van der Waals surface area (Å²) in [5, 5.41) is 3.18. The highest BCUT2D eigenvalue weighted by Gasteiger charge is 2.32. The van der Waals surface area contributed by atoms with Gasteiger partial charge in [-0.25, -0.2) is 4.79 Å². The summed E-state index contributed by atoms with van der Waals surface area (Å²) in [4.78, 5) is 25.1. The van der Waals surface area contributed by atoms with Crippen molar-refractivity contribution in [1.29, 1.82) is 0 Å². The number of carbonyl (C=O) groups is 2. The average Bonchev–Trinajstić information content (AvgIpc) is 2.72. The van der Waals surface area contributed by atoms with Crippen molar-refractivity contribution in [3.63, 3.8) is 0 Å². The molecule has 3 aromatic carbocycles. The van der Waals surface area contributed by atoms with Gasteiger partial charge in [-0.15, -0.1) is 0 Å². The molecular weight excluding hydrogens is 378 g/mol. The van der Waals surface area contributed by atoms with Crippen molar-refractivity contribution in [2.24, 2.45) is 0 Å². The minimum Gasteiger partial charge on any atom is -0.465 e. The fraction of sp³-hybridized carbons (Fsp3) is 0.0909. The highest BCUT2D eigenvalue weighted by molar-refractivity contribution is 6.34. The first-order valence-corrected chi connectivity index (χ1v) is 9.00. The Morgan fingerprint density at radius 2 is 1.57 bits per heavy atom. The Balaban J connectivity index is 1.73. The zero-order valence-corrected chi connectivity index (χ0v) is 15.7. The van der Waals surface area contributed by atoms with Gasteiger partial charge in [0.05, 0.1) is 29.3 Å². The molecule has 28 heavy (non-hydrogen) atoms. The van der Waals surface area contributed by atoms with Crippen molar-refractivity contribution >= 4 is 29.2 Å². The van der Waals surface area contributed by atoms with E-state index in [9.17, 15) is 9.59 Å². The van der Waals surface area contributed by atoms with E-state index in [1.165, 1.54) is 13.2 Å². The molecule has 0 unspecified atom stereocenters. The minimum absolute atomic E-state index is 0.271. The number of anilines is 1. The van der Waals surface area contributed by atoms with E-state index in [1.807, 2.05) is 48.5 Å². The Morgan fingerprint density at radius 3 is 2.18 bits per heavy atom. The Bertz CT molecular complexity index is 1030. The van der Waals surface area contributed by atoms with E-state index in [1.54, 1.807) is 12.1 Å². The molecule has 3 aromatic rings. The van der Waals surface area contributed by atoms with Gasteiger partial charge in [0.25, 0.3) is 0 Å². The Morgan fingerprint density at radius 1 is 0.964 bits per heavy atom. The van der Waals surface area contributed by atoms with Gasteiger partial charge < -0.3 is 14.8 Å². The fourth-order valence-electron chi connectivity index (χ4n) is 3.26. The average molecular weight is 394 g/mol. The van der Waals surface area contributed by atoms with Gasteiger partial charge in [0.1, 0.15) is 11.5 Å². The standard InChI is InChI=1S/C22H16ClNO4/c1-27-22(26)13-10-11-16(23)17(12-13)24-21(25)20-14-6-2-4-8-18(14)28-19-9-5-3-7-15(19)20/h2-12,20H,1H3,(H,24,25). The fourth-order valence-corrected chi connectivity index (χ4v) is 3.43. The predicted octanol–water partition coefficient (Wildman–Crippen LogP) is 5.00. The van der Waals surface area contributed by atoms with Crippen molar-refractivity contribution in [2.75, 3.05) is 12.4 Å². The maximum absolute atomic E-state index is 13.3. The molecule has 1 N–H and O–H groups in total. The Kier molecular flexibility index (Phi) is 4.75. The topological polar surface area (TPSA) is 64.6 Å². The molecule has 0 atom stereocenters. The van der Waals surface area contributed by atoms with E-state index in [4.69, 9.17) is 21.1 Å². The number of hydrogen-bond donors (Lipinski definition) is 1. The van der Waals surface area contributed by atoms with Gasteiger partial charge in [-0.1, -0.05) is 48.0 Å². The van der Waals surface area contributed by atoms with E-state index in [-0.39, 0.29) is 5.91 Å². The molecular formula is C22H16ClNO4. The summed E-state index contributed by atoms with van der Waals surface area (Å²) < 4.78 is 10.7. The van der Waals surface area contributed by atoms with Crippen molar-refractivity contribution < 1.29 is 19.1 Å². The summed E-state index contributed by atoms with van der Waals surface area (Å²) in [6, 6.07) is 19.4. The molecule has 0 aliphatic carbocycles. The van der Waals surface area contributed by atoms with Gasteiger partial charge in [-0.2, -0.15) is 0 Å². The lowest BCUT2D eigenvalue weighted by Crippen LogP contribution is -2.25. The molecule has 5 nitrogen and oxygen atoms in total. The highest BCUT2D eigenvalue weighted by atomic mass is 35.5. The van der Waals surface area contributed by atoms with Crippen LogP contribution < -0.4 is 10.1 Å². The van der Waals surface area contributed by atoms with E-state index in [2.05, 4.69) is 5.32 Å². The number of methoxy groups -OCH3 is 1. The van der Waals surface area contributed by atoms with Crippen molar-refractivity contribution in [2.45, 2.75) is 5.92 Å². The smallest absolute Gasteiger partial charge is 0.337 e. The molecule has 140 valence electrons. The van der Waals surface area contributed by atoms with Crippen LogP contribution in [0.15, 0.2) is 66.7 Å². The molecule has 0 radical (unpaired) electrons. The van der Waals surface area contributed by atoms with Crippen LogP contribution in [0.4, 0.5) is 5.69 Å². The third-order valence-corrected chi connectivity index (χ3v) is 4.92. The van der Waals surface area contributed by atoms with Gasteiger partial charge in [-0.3, -0.25) is 4.79 Å². The Hall–Kier alpha value is -3.31. The summed E-state index contributed by atoms with van der Waals surface area (Å²) in [7, 11) is 1.30. The summed E-state index contributed by atoms with van der Waals surface area (Å²) >= 11 is 6.24. The number of ether oxygens (including phenoxy) is 2. The van der Waals surface area contributed by atoms with Gasteiger partial charge >= 0.3 is 5.97 Å². The molecule has 0 bridgehead atoms. The maximum atomic E-state index is 13.3. The Labute approximate surface area is 166 Å². The van der Waals surface area contributed by atoms with Crippen LogP contribution in [0.1, 0.15) is 27.4 Å². The number of benzene rings is 3. The SMILES string of the molecule is COC(=O)c1ccc(Cl)c(NC(=O)C2c3ccccc3Oc3ccccc32)c1. The molecule has 1 aliphatic heterocycles. The number of nitrogens with one attached hydrogen (secondary N) is 1. The molecule has 0 saturated carbocycles. The largest absolute Gasteiger partial charge is 0.465 e. The molecule has 4 rings (SSSR count). The molecule has 0 aromatic heterocycles. The van der Waals surface area contributed by atoms with Crippen LogP contribution in [0.3, 0.4) is 0 Å². The monoisotopic (exact) mass is 393 g/mol. The zero-order valence-electron chi connectivity index (χ0n) is 14.9. The minimum atomic E-state index is -0.570. The molecule has 1 heterocycles. The molecule has 6 heteroatoms. The van der Waals surface area contributed by atoms with Crippen LogP contribution in [0, 0.1) is 0 Å². The third-order valence-electron chi connectivity index (χ3n) is 4.59. The lowest BCUT2D eigenvalue weighted by molar-refractivity contribution is -0.116. The molecule has 0 spiro atoms. The van der Waals surface area contributed by atoms with Gasteiger partial charge in [-0.05, 0) is 30.3 Å². The first kappa shape index (κ1) is 18.1. The zero-order chi connectivity index (χ0) is 19.7. The lowest BCUT2D eigenvalue weighted by Gasteiger charge is -2.27. The first-order valence-electron chi connectivity index (χ1n) is 8.63. The number of halogens is 1. The van der Waals surface area contributed by atoms with Crippen molar-refractivity contribution in [3.05, 3.63) is 88.4 Å². The number of hydrogen-bond acceptors (Lipinski definition) is 4. The number of fused-ring (bicyclic) bond motifs is 2. The number of rotatable bonds is 3. The first-order chi connectivity index (χ1) is 13.6. The molecule has 1 amide bonds. The van der Waals surface area contributed by atoms with Crippen molar-refractivity contribution in [1.82, 2.24) is 0 Å². The molecule has 1 aliphatic rings. The number of amides is 1. The maximum Gasteiger partial charge on any atom is 0.337 e. The normalized spacial score (nSPS) is 12.4. The van der Waals surface area contributed by atoms with E-state index < -0.39 is 11.9 Å². The third kappa shape index (κ3) is 3.21. The van der Waals surface area contributed by atoms with Crippen LogP contribution >= 0.6 is 11.6 Å². The highest BCUT2D eigenvalue weighted by Crippen LogP contribution is 2.44. The summed E-state index contributed by atoms with van der Waals surface area (Å²) in [5.74, 6) is -0.0773. The summed E-state index contributed by atoms with van der Waals surface area (Å²) in [6.45, 7) is 0. The second kappa shape index (κ2) is 7.37. The van der Waals surface area contributed by atoms with Gasteiger partial charge in [0, 0.05) is 11.1 Å². The summed E-state index contributed by atoms with van der Waals surface area (Å²) in [5.41, 5.74) is 2.17. The van der Waals surface area contributed by atoms with E-state index >= 15 is 0 Å². The van der Waals surface area contributed by atoms with Crippen molar-refractivity contribution in [3.8, 4) is 11.5 Å². The second-order valence-electron chi connectivity index (χ2n) is 6.29. The van der Waals surface area contributed by atoms with Crippen LogP contribution in [0.5, 0.6) is 11.5 Å². The van der Waals surface area contributed by atoms with Crippen LogP contribution in [0.25, 0.3) is 0 Å². The second-order valence-corrected chi connectivity index (χ2v) is 6.69. The van der Waals surface area contributed by atoms with Crippen LogP contribution in [-0.2, 0) is 9.53 Å². The lowest BCUT2D eigenvalue weighted by atomic mass is 9.87. The van der Waals surface area contributed by atoms with Crippen LogP contribution in [-0.4, -0.2) is 19.0 Å². The van der Waals surface area contributed by atoms with E-state index in [0.717, 1.165) is 11.1 Å². The molecule has 0 saturated heterocycles. The van der Waals surface area contributed by atoms with Crippen LogP contribution in [0.2, 0.25) is 5.02 Å². The quantitative estimate of drug-likeness (QED) is 0.636. The summed E-state index contributed by atoms with van der Waals surface area (Å²) in [6.07, 6.45) is 0. The predicted molar refractivity (Wildman–Crippen MR) is 106 cm³/mol. The number of esters is 1. The number of carbonyl (C=O) groups excluding carboxylic acids is 2. The van der Waals surface area contributed by atoms with Gasteiger partial charge in [0.15, 0.2) is 0 Å². The van der Waals surface area contributed by atoms with E-state index in [0.29, 0.717) is 27.8 Å². The molecule has 0 fully saturated rings. The number of para-hydroxylation sites is 2. The van der Waals surface area contributed by atoms with Gasteiger partial charge in [0.2, 0.25) is 5.91 Å².